The van der Waals surface area contributed by atoms with Crippen molar-refractivity contribution in [2.24, 2.45) is 5.18 Å². The van der Waals surface area contributed by atoms with Crippen LogP contribution in [-0.4, -0.2) is 12.4 Å². The Balaban J connectivity index is 2.40. The first-order valence-corrected chi connectivity index (χ1v) is 1.80. The van der Waals surface area contributed by atoms with Crippen LogP contribution in [0, 0.1) is 4.91 Å². The second kappa shape index (κ2) is 3.89. The third-order valence-electron chi connectivity index (χ3n) is 0.176. The minimum atomic E-state index is 0.224. The average Bonchev–Trinajstić information content (AvgIpc) is 1.41. The van der Waals surface area contributed by atoms with Crippen molar-refractivity contribution < 1.29 is 0 Å². The lowest BCUT2D eigenvalue weighted by atomic mass is 10.8. The van der Waals surface area contributed by atoms with Crippen molar-refractivity contribution in [2.75, 3.05) is 12.4 Å². The maximum atomic E-state index is 9.07. The Morgan fingerprint density at radius 1 is 1.80 bits per heavy atom. The summed E-state index contributed by atoms with van der Waals surface area (Å²) in [5.74, 6) is 0.337. The summed E-state index contributed by atoms with van der Waals surface area (Å²) in [6.07, 6.45) is 0. The molecule has 0 aliphatic carbocycles. The minimum absolute atomic E-state index is 0.224. The molecular formula is C2H4ClNO. The number of hydrogen-bond acceptors (Lipinski definition) is 2. The number of halogens is 1. The molecule has 0 spiro atoms. The highest BCUT2D eigenvalue weighted by atomic mass is 35.5. The molecule has 0 fully saturated rings. The minimum Gasteiger partial charge on any atom is -0.151 e. The van der Waals surface area contributed by atoms with Crippen LogP contribution in [0.2, 0.25) is 0 Å². The molecule has 0 atom stereocenters. The Bertz CT molecular complexity index is 30.8. The zero-order chi connectivity index (χ0) is 4.12. The third-order valence-corrected chi connectivity index (χ3v) is 0.345. The highest BCUT2D eigenvalue weighted by Crippen LogP contribution is 1.71. The van der Waals surface area contributed by atoms with Gasteiger partial charge in [0.15, 0.2) is 0 Å². The van der Waals surface area contributed by atoms with Crippen molar-refractivity contribution in [3.8, 4) is 0 Å². The molecule has 0 amide bonds. The number of nitroso groups, excluding NO2 is 1. The van der Waals surface area contributed by atoms with E-state index in [1.54, 1.807) is 0 Å². The fourth-order valence-electron chi connectivity index (χ4n) is 0.0345. The summed E-state index contributed by atoms with van der Waals surface area (Å²) in [6.45, 7) is 0.224. The van der Waals surface area contributed by atoms with E-state index < -0.39 is 0 Å². The molecule has 0 bridgehead atoms. The first kappa shape index (κ1) is 4.89. The van der Waals surface area contributed by atoms with Gasteiger partial charge in [0.25, 0.3) is 0 Å². The van der Waals surface area contributed by atoms with Crippen LogP contribution in [0.3, 0.4) is 0 Å². The highest BCUT2D eigenvalue weighted by Gasteiger charge is 1.69. The Kier molecular flexibility index (Phi) is 3.80. The Morgan fingerprint density at radius 3 is 2.40 bits per heavy atom. The van der Waals surface area contributed by atoms with Crippen LogP contribution >= 0.6 is 11.6 Å². The molecule has 0 saturated heterocycles. The van der Waals surface area contributed by atoms with Crippen LogP contribution in [0.25, 0.3) is 0 Å². The van der Waals surface area contributed by atoms with Gasteiger partial charge in [0.2, 0.25) is 0 Å². The molecule has 0 aliphatic rings. The maximum Gasteiger partial charge on any atom is 0.0946 e. The molecule has 3 heteroatoms. The van der Waals surface area contributed by atoms with Gasteiger partial charge in [-0.2, -0.15) is 4.91 Å². The summed E-state index contributed by atoms with van der Waals surface area (Å²) in [4.78, 5) is 9.07. The van der Waals surface area contributed by atoms with E-state index in [-0.39, 0.29) is 6.54 Å². The molecule has 0 saturated carbocycles. The topological polar surface area (TPSA) is 29.4 Å². The summed E-state index contributed by atoms with van der Waals surface area (Å²) in [7, 11) is 0. The Hall–Kier alpha value is -0.110. The number of hydrogen-bond donors (Lipinski definition) is 0. The predicted octanol–water partition coefficient (Wildman–Crippen LogP) is 0.992. The first-order chi connectivity index (χ1) is 2.41. The van der Waals surface area contributed by atoms with E-state index in [2.05, 4.69) is 5.18 Å². The molecule has 0 heterocycles. The van der Waals surface area contributed by atoms with Gasteiger partial charge < -0.3 is 0 Å². The summed E-state index contributed by atoms with van der Waals surface area (Å²) >= 11 is 5.01. The molecule has 0 aromatic rings. The van der Waals surface area contributed by atoms with Crippen molar-refractivity contribution in [3.63, 3.8) is 0 Å². The average molecular weight is 93.5 g/mol. The zero-order valence-corrected chi connectivity index (χ0v) is 3.40. The van der Waals surface area contributed by atoms with Crippen LogP contribution in [0.5, 0.6) is 0 Å². The second-order valence-corrected chi connectivity index (χ2v) is 0.920. The van der Waals surface area contributed by atoms with Crippen molar-refractivity contribution >= 4 is 11.6 Å². The quantitative estimate of drug-likeness (QED) is 0.370. The molecule has 0 rings (SSSR count). The van der Waals surface area contributed by atoms with Crippen molar-refractivity contribution in [3.05, 3.63) is 4.91 Å². The second-order valence-electron chi connectivity index (χ2n) is 0.542. The third kappa shape index (κ3) is 3.89. The van der Waals surface area contributed by atoms with E-state index in [0.29, 0.717) is 5.88 Å². The van der Waals surface area contributed by atoms with Crippen LogP contribution < -0.4 is 0 Å². The molecule has 30 valence electrons. The van der Waals surface area contributed by atoms with E-state index in [9.17, 15) is 0 Å². The molecule has 0 aromatic carbocycles. The number of rotatable bonds is 2. The van der Waals surface area contributed by atoms with Crippen LogP contribution in [0.4, 0.5) is 0 Å². The van der Waals surface area contributed by atoms with E-state index in [4.69, 9.17) is 16.5 Å². The fraction of sp³-hybridized carbons (Fsp3) is 1.00. The smallest absolute Gasteiger partial charge is 0.0946 e. The summed E-state index contributed by atoms with van der Waals surface area (Å²) in [5.41, 5.74) is 0. The number of alkyl halides is 1. The molecule has 5 heavy (non-hydrogen) atoms. The van der Waals surface area contributed by atoms with Crippen LogP contribution in [-0.2, 0) is 0 Å². The summed E-state index contributed by atoms with van der Waals surface area (Å²) in [5, 5.41) is 2.47. The molecule has 2 nitrogen and oxygen atoms in total. The normalized spacial score (nSPS) is 7.40. The Morgan fingerprint density at radius 2 is 2.40 bits per heavy atom. The number of nitrogens with zero attached hydrogens (tertiary/aromatic N) is 1. The van der Waals surface area contributed by atoms with Crippen molar-refractivity contribution in [2.45, 2.75) is 0 Å². The van der Waals surface area contributed by atoms with E-state index in [1.165, 1.54) is 0 Å². The lowest BCUT2D eigenvalue weighted by molar-refractivity contribution is 1.12. The monoisotopic (exact) mass is 93.0 g/mol. The first-order valence-electron chi connectivity index (χ1n) is 1.27. The van der Waals surface area contributed by atoms with Gasteiger partial charge in [0.05, 0.1) is 6.54 Å². The van der Waals surface area contributed by atoms with Crippen LogP contribution in [0.1, 0.15) is 0 Å². The van der Waals surface area contributed by atoms with Gasteiger partial charge in [-0.1, -0.05) is 5.18 Å². The predicted molar refractivity (Wildman–Crippen MR) is 21.4 cm³/mol. The fourth-order valence-corrected chi connectivity index (χ4v) is 0.104. The van der Waals surface area contributed by atoms with Gasteiger partial charge in [0.1, 0.15) is 0 Å². The van der Waals surface area contributed by atoms with Gasteiger partial charge >= 0.3 is 0 Å². The standard InChI is InChI=1S/C2H4ClNO/c3-1-2-4-5/h1-2H2. The summed E-state index contributed by atoms with van der Waals surface area (Å²) < 4.78 is 0. The molecule has 0 aromatic heterocycles. The molecule has 0 aliphatic heterocycles. The highest BCUT2D eigenvalue weighted by molar-refractivity contribution is 6.18. The maximum absolute atomic E-state index is 9.07. The van der Waals surface area contributed by atoms with Gasteiger partial charge in [0, 0.05) is 5.88 Å². The van der Waals surface area contributed by atoms with Crippen LogP contribution in [0.15, 0.2) is 5.18 Å². The zero-order valence-electron chi connectivity index (χ0n) is 2.65. The van der Waals surface area contributed by atoms with Gasteiger partial charge in [-0.3, -0.25) is 0 Å². The van der Waals surface area contributed by atoms with Gasteiger partial charge in [-0.25, -0.2) is 0 Å². The van der Waals surface area contributed by atoms with E-state index in [1.807, 2.05) is 0 Å². The largest absolute Gasteiger partial charge is 0.151 e. The van der Waals surface area contributed by atoms with Crippen molar-refractivity contribution in [1.29, 1.82) is 0 Å². The van der Waals surface area contributed by atoms with Gasteiger partial charge in [-0.15, -0.1) is 11.6 Å². The van der Waals surface area contributed by atoms with E-state index >= 15 is 0 Å². The summed E-state index contributed by atoms with van der Waals surface area (Å²) in [6, 6.07) is 0. The molecule has 0 N–H and O–H groups in total. The Labute approximate surface area is 35.1 Å². The SMILES string of the molecule is O=NCCCl. The van der Waals surface area contributed by atoms with E-state index in [0.717, 1.165) is 0 Å². The van der Waals surface area contributed by atoms with Crippen molar-refractivity contribution in [1.82, 2.24) is 0 Å². The lowest BCUT2D eigenvalue weighted by Crippen LogP contribution is -1.72. The lowest BCUT2D eigenvalue weighted by Gasteiger charge is -1.66. The molecular weight excluding hydrogens is 89.5 g/mol. The molecule has 0 unspecified atom stereocenters. The van der Waals surface area contributed by atoms with Gasteiger partial charge in [-0.05, 0) is 0 Å². The molecule has 0 radical (unpaired) electrons.